The van der Waals surface area contributed by atoms with Crippen molar-refractivity contribution in [2.24, 2.45) is 0 Å². The molecule has 32 heavy (non-hydrogen) atoms. The first-order valence-electron chi connectivity index (χ1n) is 10.6. The van der Waals surface area contributed by atoms with Gasteiger partial charge in [0.15, 0.2) is 5.69 Å². The zero-order chi connectivity index (χ0) is 23.5. The molecule has 2 aromatic rings. The van der Waals surface area contributed by atoms with Gasteiger partial charge in [0.2, 0.25) is 5.95 Å². The van der Waals surface area contributed by atoms with E-state index >= 15 is 0 Å². The average molecular weight is 472 g/mol. The Bertz CT molecular complexity index is 1020. The van der Waals surface area contributed by atoms with E-state index in [0.29, 0.717) is 26.2 Å². The van der Waals surface area contributed by atoms with Crippen LogP contribution in [0.15, 0.2) is 35.4 Å². The van der Waals surface area contributed by atoms with Crippen molar-refractivity contribution in [3.05, 3.63) is 41.7 Å². The molecular formula is C21H28F3N5O2S. The van der Waals surface area contributed by atoms with Crippen LogP contribution in [0.25, 0.3) is 0 Å². The molecule has 0 saturated carbocycles. The second-order valence-electron chi connectivity index (χ2n) is 8.09. The van der Waals surface area contributed by atoms with Gasteiger partial charge in [-0.2, -0.15) is 13.2 Å². The average Bonchev–Trinajstić information content (AvgIpc) is 2.74. The highest BCUT2D eigenvalue weighted by Crippen LogP contribution is 2.35. The van der Waals surface area contributed by atoms with E-state index in [1.54, 1.807) is 17.0 Å². The van der Waals surface area contributed by atoms with Crippen molar-refractivity contribution in [2.75, 3.05) is 42.3 Å². The van der Waals surface area contributed by atoms with Gasteiger partial charge in [0.05, 0.1) is 16.8 Å². The largest absolute Gasteiger partial charge is 0.435 e. The van der Waals surface area contributed by atoms with Gasteiger partial charge in [-0.15, -0.1) is 0 Å². The Balaban J connectivity index is 1.85. The van der Waals surface area contributed by atoms with Gasteiger partial charge in [-0.1, -0.05) is 32.9 Å². The Labute approximate surface area is 186 Å². The molecule has 0 unspecified atom stereocenters. The van der Waals surface area contributed by atoms with E-state index < -0.39 is 27.6 Å². The summed E-state index contributed by atoms with van der Waals surface area (Å²) in [4.78, 5) is 11.5. The topological polar surface area (TPSA) is 78.4 Å². The van der Waals surface area contributed by atoms with Crippen LogP contribution in [0.5, 0.6) is 0 Å². The predicted octanol–water partition coefficient (Wildman–Crippen LogP) is 3.95. The number of rotatable bonds is 7. The van der Waals surface area contributed by atoms with Crippen LogP contribution in [0.4, 0.5) is 24.8 Å². The van der Waals surface area contributed by atoms with E-state index in [0.717, 1.165) is 24.7 Å². The molecule has 0 radical (unpaired) electrons. The summed E-state index contributed by atoms with van der Waals surface area (Å²) >= 11 is 0. The monoisotopic (exact) mass is 471 g/mol. The number of benzene rings is 1. The molecule has 176 valence electrons. The number of hydrogen-bond acceptors (Lipinski definition) is 6. The smallest absolute Gasteiger partial charge is 0.338 e. The molecule has 1 saturated heterocycles. The van der Waals surface area contributed by atoms with Gasteiger partial charge in [0.1, 0.15) is 0 Å². The fraction of sp³-hybridized carbons (Fsp3) is 0.524. The molecule has 3 rings (SSSR count). The van der Waals surface area contributed by atoms with E-state index in [4.69, 9.17) is 0 Å². The summed E-state index contributed by atoms with van der Waals surface area (Å²) in [6, 6.07) is 6.02. The molecule has 1 aromatic heterocycles. The number of nitrogens with zero attached hydrogens (tertiary/aromatic N) is 4. The van der Waals surface area contributed by atoms with Gasteiger partial charge in [-0.25, -0.2) is 18.4 Å². The van der Waals surface area contributed by atoms with Gasteiger partial charge in [0, 0.05) is 26.2 Å². The highest BCUT2D eigenvalue weighted by molar-refractivity contribution is 7.92. The molecule has 11 heteroatoms. The first-order chi connectivity index (χ1) is 15.0. The molecule has 0 amide bonds. The third-order valence-electron chi connectivity index (χ3n) is 5.34. The lowest BCUT2D eigenvalue weighted by Crippen LogP contribution is -2.47. The Hall–Kier alpha value is -2.40. The van der Waals surface area contributed by atoms with Crippen molar-refractivity contribution in [3.8, 4) is 0 Å². The number of aromatic nitrogens is 2. The van der Waals surface area contributed by atoms with E-state index in [1.165, 1.54) is 12.1 Å². The number of sulfonamides is 1. The van der Waals surface area contributed by atoms with E-state index in [2.05, 4.69) is 21.8 Å². The number of piperazine rings is 1. The number of hydrogen-bond donors (Lipinski definition) is 1. The van der Waals surface area contributed by atoms with Gasteiger partial charge in [-0.3, -0.25) is 9.62 Å². The van der Waals surface area contributed by atoms with E-state index in [9.17, 15) is 21.6 Å². The van der Waals surface area contributed by atoms with Crippen molar-refractivity contribution in [3.63, 3.8) is 0 Å². The Morgan fingerprint density at radius 1 is 1.09 bits per heavy atom. The molecule has 0 spiro atoms. The van der Waals surface area contributed by atoms with E-state index in [1.807, 2.05) is 18.6 Å². The summed E-state index contributed by atoms with van der Waals surface area (Å²) in [6.07, 6.45) is -2.95. The Morgan fingerprint density at radius 3 is 2.25 bits per heavy atom. The Morgan fingerprint density at radius 2 is 1.72 bits per heavy atom. The molecule has 7 nitrogen and oxygen atoms in total. The van der Waals surface area contributed by atoms with Gasteiger partial charge in [0.25, 0.3) is 10.0 Å². The van der Waals surface area contributed by atoms with Crippen LogP contribution in [0.2, 0.25) is 0 Å². The summed E-state index contributed by atoms with van der Waals surface area (Å²) in [5.74, 6) is 0.138. The molecule has 1 N–H and O–H groups in total. The van der Waals surface area contributed by atoms with Crippen LogP contribution >= 0.6 is 0 Å². The first-order valence-corrected chi connectivity index (χ1v) is 12.0. The molecular weight excluding hydrogens is 443 g/mol. The van der Waals surface area contributed by atoms with Crippen molar-refractivity contribution < 1.29 is 21.6 Å². The zero-order valence-corrected chi connectivity index (χ0v) is 19.2. The number of halogens is 3. The quantitative estimate of drug-likeness (QED) is 0.659. The molecule has 0 atom stereocenters. The molecule has 0 aliphatic carbocycles. The summed E-state index contributed by atoms with van der Waals surface area (Å²) in [5.41, 5.74) is -1.08. The van der Waals surface area contributed by atoms with Crippen LogP contribution in [-0.2, 0) is 16.2 Å². The maximum Gasteiger partial charge on any atom is 0.435 e. The highest BCUT2D eigenvalue weighted by atomic mass is 32.2. The molecule has 0 bridgehead atoms. The van der Waals surface area contributed by atoms with Gasteiger partial charge < -0.3 is 4.90 Å². The summed E-state index contributed by atoms with van der Waals surface area (Å²) in [7, 11) is -4.24. The highest BCUT2D eigenvalue weighted by Gasteiger charge is 2.38. The van der Waals surface area contributed by atoms with Crippen molar-refractivity contribution in [2.45, 2.75) is 44.2 Å². The van der Waals surface area contributed by atoms with E-state index in [-0.39, 0.29) is 16.8 Å². The summed E-state index contributed by atoms with van der Waals surface area (Å²) < 4.78 is 68.6. The fourth-order valence-electron chi connectivity index (χ4n) is 3.54. The number of anilines is 2. The lowest BCUT2D eigenvalue weighted by molar-refractivity contribution is -0.140. The second-order valence-corrected chi connectivity index (χ2v) is 9.77. The standard InChI is InChI=1S/C21H28F3N5O2S/c1-4-9-28-10-12-29(13-11-28)20-25-14-18(19(26-20)21(22,23)24)27-32(30,31)17-7-5-16(6-8-17)15(2)3/h5-8,14-15,27H,4,9-13H2,1-3H3. The number of nitrogens with one attached hydrogen (secondary N) is 1. The molecule has 2 heterocycles. The minimum absolute atomic E-state index is 0.0577. The normalized spacial score (nSPS) is 15.9. The first kappa shape index (κ1) is 24.2. The number of alkyl halides is 3. The molecule has 1 fully saturated rings. The summed E-state index contributed by atoms with van der Waals surface area (Å²) in [5, 5.41) is 0. The minimum Gasteiger partial charge on any atom is -0.338 e. The molecule has 1 aliphatic rings. The zero-order valence-electron chi connectivity index (χ0n) is 18.4. The van der Waals surface area contributed by atoms with Crippen molar-refractivity contribution in [1.29, 1.82) is 0 Å². The van der Waals surface area contributed by atoms with Crippen molar-refractivity contribution in [1.82, 2.24) is 14.9 Å². The maximum atomic E-state index is 13.7. The minimum atomic E-state index is -4.85. The predicted molar refractivity (Wildman–Crippen MR) is 117 cm³/mol. The van der Waals surface area contributed by atoms with Crippen LogP contribution in [0.1, 0.15) is 44.4 Å². The van der Waals surface area contributed by atoms with Crippen LogP contribution in [0, 0.1) is 0 Å². The van der Waals surface area contributed by atoms with Crippen LogP contribution < -0.4 is 9.62 Å². The lowest BCUT2D eigenvalue weighted by atomic mass is 10.0. The van der Waals surface area contributed by atoms with Crippen LogP contribution in [-0.4, -0.2) is 56.0 Å². The summed E-state index contributed by atoms with van der Waals surface area (Å²) in [6.45, 7) is 9.35. The third kappa shape index (κ3) is 5.69. The SMILES string of the molecule is CCCN1CCN(c2ncc(NS(=O)(=O)c3ccc(C(C)C)cc3)c(C(F)(F)F)n2)CC1. The molecule has 1 aromatic carbocycles. The van der Waals surface area contributed by atoms with Gasteiger partial charge >= 0.3 is 6.18 Å². The molecule has 1 aliphatic heterocycles. The lowest BCUT2D eigenvalue weighted by Gasteiger charge is -2.34. The maximum absolute atomic E-state index is 13.7. The Kier molecular flexibility index (Phi) is 7.29. The van der Waals surface area contributed by atoms with Gasteiger partial charge in [-0.05, 0) is 36.6 Å². The fourth-order valence-corrected chi connectivity index (χ4v) is 4.59. The third-order valence-corrected chi connectivity index (χ3v) is 6.72. The van der Waals surface area contributed by atoms with Crippen molar-refractivity contribution >= 4 is 21.7 Å². The van der Waals surface area contributed by atoms with Crippen LogP contribution in [0.3, 0.4) is 0 Å². The second kappa shape index (κ2) is 9.62.